The van der Waals surface area contributed by atoms with Crippen molar-refractivity contribution in [3.8, 4) is 0 Å². The zero-order valence-electron chi connectivity index (χ0n) is 14.6. The number of benzene rings is 1. The molecule has 1 heterocycles. The summed E-state index contributed by atoms with van der Waals surface area (Å²) in [6.45, 7) is 2.60. The summed E-state index contributed by atoms with van der Waals surface area (Å²) in [5, 5.41) is 2.65. The molecule has 136 valence electrons. The first-order valence-corrected chi connectivity index (χ1v) is 8.49. The maximum absolute atomic E-state index is 12.3. The molecule has 0 aliphatic carbocycles. The first-order valence-electron chi connectivity index (χ1n) is 8.49. The summed E-state index contributed by atoms with van der Waals surface area (Å²) in [4.78, 5) is 39.8. The van der Waals surface area contributed by atoms with Gasteiger partial charge in [0, 0.05) is 38.9 Å². The quantitative estimate of drug-likeness (QED) is 0.813. The SMILES string of the molecule is COCCC(=O)N1CCCN(C(=O)CNC(=O)c2ccccc2)CC1. The molecule has 0 bridgehead atoms. The number of ether oxygens (including phenoxy) is 1. The van der Waals surface area contributed by atoms with E-state index in [9.17, 15) is 14.4 Å². The number of carbonyl (C=O) groups excluding carboxylic acids is 3. The molecule has 3 amide bonds. The first kappa shape index (κ1) is 18.9. The van der Waals surface area contributed by atoms with E-state index in [1.807, 2.05) is 6.07 Å². The first-order chi connectivity index (χ1) is 12.1. The monoisotopic (exact) mass is 347 g/mol. The lowest BCUT2D eigenvalue weighted by Gasteiger charge is -2.22. The molecule has 25 heavy (non-hydrogen) atoms. The Labute approximate surface area is 147 Å². The molecule has 1 saturated heterocycles. The Morgan fingerprint density at radius 3 is 2.28 bits per heavy atom. The summed E-state index contributed by atoms with van der Waals surface area (Å²) in [5.41, 5.74) is 0.529. The Bertz CT molecular complexity index is 591. The van der Waals surface area contributed by atoms with E-state index in [-0.39, 0.29) is 24.3 Å². The topological polar surface area (TPSA) is 79.0 Å². The Kier molecular flexibility index (Phi) is 7.40. The van der Waals surface area contributed by atoms with Crippen LogP contribution in [0.1, 0.15) is 23.2 Å². The van der Waals surface area contributed by atoms with Gasteiger partial charge in [-0.25, -0.2) is 0 Å². The molecule has 0 atom stereocenters. The van der Waals surface area contributed by atoms with E-state index in [0.29, 0.717) is 44.8 Å². The number of hydrogen-bond acceptors (Lipinski definition) is 4. The van der Waals surface area contributed by atoms with Crippen LogP contribution in [0, 0.1) is 0 Å². The molecule has 1 aliphatic heterocycles. The Balaban J connectivity index is 1.78. The van der Waals surface area contributed by atoms with Crippen LogP contribution in [0.4, 0.5) is 0 Å². The number of hydrogen-bond donors (Lipinski definition) is 1. The second-order valence-electron chi connectivity index (χ2n) is 5.91. The Hall–Kier alpha value is -2.41. The van der Waals surface area contributed by atoms with Crippen LogP contribution in [0.5, 0.6) is 0 Å². The molecule has 2 rings (SSSR count). The molecule has 0 aromatic heterocycles. The van der Waals surface area contributed by atoms with Crippen LogP contribution in [0.15, 0.2) is 30.3 Å². The fourth-order valence-corrected chi connectivity index (χ4v) is 2.72. The summed E-state index contributed by atoms with van der Waals surface area (Å²) in [5.74, 6) is -0.343. The summed E-state index contributed by atoms with van der Waals surface area (Å²) in [6.07, 6.45) is 1.09. The minimum atomic E-state index is -0.264. The summed E-state index contributed by atoms with van der Waals surface area (Å²) < 4.78 is 4.93. The van der Waals surface area contributed by atoms with Crippen molar-refractivity contribution in [2.45, 2.75) is 12.8 Å². The highest BCUT2D eigenvalue weighted by molar-refractivity contribution is 5.96. The maximum Gasteiger partial charge on any atom is 0.251 e. The molecule has 0 saturated carbocycles. The minimum Gasteiger partial charge on any atom is -0.384 e. The average Bonchev–Trinajstić information content (AvgIpc) is 2.91. The van der Waals surface area contributed by atoms with Gasteiger partial charge in [-0.2, -0.15) is 0 Å². The predicted octanol–water partition coefficient (Wildman–Crippen LogP) is 0.514. The van der Waals surface area contributed by atoms with Gasteiger partial charge >= 0.3 is 0 Å². The molecule has 0 radical (unpaired) electrons. The number of rotatable bonds is 6. The van der Waals surface area contributed by atoms with Crippen molar-refractivity contribution in [2.24, 2.45) is 0 Å². The van der Waals surface area contributed by atoms with E-state index in [0.717, 1.165) is 6.42 Å². The van der Waals surface area contributed by atoms with Crippen LogP contribution >= 0.6 is 0 Å². The molecule has 0 spiro atoms. The molecule has 7 heteroatoms. The predicted molar refractivity (Wildman–Crippen MR) is 93.0 cm³/mol. The zero-order chi connectivity index (χ0) is 18.1. The highest BCUT2D eigenvalue weighted by Crippen LogP contribution is 2.06. The molecule has 1 aromatic rings. The number of methoxy groups -OCH3 is 1. The van der Waals surface area contributed by atoms with Crippen molar-refractivity contribution in [2.75, 3.05) is 46.4 Å². The van der Waals surface area contributed by atoms with Crippen LogP contribution in [0.2, 0.25) is 0 Å². The lowest BCUT2D eigenvalue weighted by atomic mass is 10.2. The second kappa shape index (κ2) is 9.78. The lowest BCUT2D eigenvalue weighted by Crippen LogP contribution is -2.42. The van der Waals surface area contributed by atoms with Crippen molar-refractivity contribution in [1.29, 1.82) is 0 Å². The summed E-state index contributed by atoms with van der Waals surface area (Å²) in [7, 11) is 1.57. The summed E-state index contributed by atoms with van der Waals surface area (Å²) >= 11 is 0. The van der Waals surface area contributed by atoms with Gasteiger partial charge in [-0.15, -0.1) is 0 Å². The van der Waals surface area contributed by atoms with Gasteiger partial charge in [-0.3, -0.25) is 14.4 Å². The van der Waals surface area contributed by atoms with E-state index in [1.54, 1.807) is 41.2 Å². The van der Waals surface area contributed by atoms with Crippen LogP contribution in [0.25, 0.3) is 0 Å². The minimum absolute atomic E-state index is 0.0364. The molecule has 7 nitrogen and oxygen atoms in total. The number of carbonyl (C=O) groups is 3. The fraction of sp³-hybridized carbons (Fsp3) is 0.500. The highest BCUT2D eigenvalue weighted by Gasteiger charge is 2.22. The van der Waals surface area contributed by atoms with Gasteiger partial charge < -0.3 is 19.9 Å². The molecular weight excluding hydrogens is 322 g/mol. The van der Waals surface area contributed by atoms with E-state index >= 15 is 0 Å². The van der Waals surface area contributed by atoms with Gasteiger partial charge in [0.25, 0.3) is 5.91 Å². The normalized spacial score (nSPS) is 14.8. The van der Waals surface area contributed by atoms with Crippen LogP contribution in [-0.4, -0.2) is 74.0 Å². The van der Waals surface area contributed by atoms with Crippen molar-refractivity contribution < 1.29 is 19.1 Å². The third kappa shape index (κ3) is 5.86. The maximum atomic E-state index is 12.3. The third-order valence-electron chi connectivity index (χ3n) is 4.16. The Morgan fingerprint density at radius 2 is 1.64 bits per heavy atom. The van der Waals surface area contributed by atoms with Gasteiger partial charge in [-0.05, 0) is 18.6 Å². The fourth-order valence-electron chi connectivity index (χ4n) is 2.72. The van der Waals surface area contributed by atoms with Gasteiger partial charge in [0.1, 0.15) is 0 Å². The van der Waals surface area contributed by atoms with Crippen molar-refractivity contribution in [1.82, 2.24) is 15.1 Å². The smallest absolute Gasteiger partial charge is 0.251 e. The van der Waals surface area contributed by atoms with Crippen molar-refractivity contribution >= 4 is 17.7 Å². The average molecular weight is 347 g/mol. The molecule has 1 aliphatic rings. The summed E-state index contributed by atoms with van der Waals surface area (Å²) in [6, 6.07) is 8.80. The van der Waals surface area contributed by atoms with Gasteiger partial charge in [0.15, 0.2) is 0 Å². The zero-order valence-corrected chi connectivity index (χ0v) is 14.6. The van der Waals surface area contributed by atoms with Crippen molar-refractivity contribution in [3.63, 3.8) is 0 Å². The van der Waals surface area contributed by atoms with Crippen molar-refractivity contribution in [3.05, 3.63) is 35.9 Å². The molecule has 1 fully saturated rings. The van der Waals surface area contributed by atoms with E-state index < -0.39 is 0 Å². The second-order valence-corrected chi connectivity index (χ2v) is 5.91. The van der Waals surface area contributed by atoms with E-state index in [1.165, 1.54) is 0 Å². The van der Waals surface area contributed by atoms with E-state index in [2.05, 4.69) is 5.32 Å². The third-order valence-corrected chi connectivity index (χ3v) is 4.16. The highest BCUT2D eigenvalue weighted by atomic mass is 16.5. The molecular formula is C18H25N3O4. The van der Waals surface area contributed by atoms with Crippen LogP contribution in [0.3, 0.4) is 0 Å². The number of amides is 3. The largest absolute Gasteiger partial charge is 0.384 e. The van der Waals surface area contributed by atoms with Gasteiger partial charge in [-0.1, -0.05) is 18.2 Å². The number of nitrogens with one attached hydrogen (secondary N) is 1. The lowest BCUT2D eigenvalue weighted by molar-refractivity contribution is -0.133. The van der Waals surface area contributed by atoms with Gasteiger partial charge in [0.2, 0.25) is 11.8 Å². The van der Waals surface area contributed by atoms with E-state index in [4.69, 9.17) is 4.74 Å². The standard InChI is InChI=1S/C18H25N3O4/c1-25-13-8-16(22)20-9-5-10-21(12-11-20)17(23)14-19-18(24)15-6-3-2-4-7-15/h2-4,6-7H,5,8-14H2,1H3,(H,19,24). The Morgan fingerprint density at radius 1 is 1.00 bits per heavy atom. The molecule has 0 unspecified atom stereocenters. The molecule has 1 aromatic carbocycles. The van der Waals surface area contributed by atoms with Gasteiger partial charge in [0.05, 0.1) is 19.6 Å². The number of nitrogens with zero attached hydrogens (tertiary/aromatic N) is 2. The van der Waals surface area contributed by atoms with Crippen LogP contribution in [-0.2, 0) is 14.3 Å². The van der Waals surface area contributed by atoms with Crippen LogP contribution < -0.4 is 5.32 Å². The molecule has 1 N–H and O–H groups in total.